The number of carboxylic acids is 1. The highest BCUT2D eigenvalue weighted by molar-refractivity contribution is 6.31. The predicted molar refractivity (Wildman–Crippen MR) is 68.0 cm³/mol. The largest absolute Gasteiger partial charge is 0.478 e. The van der Waals surface area contributed by atoms with Gasteiger partial charge in [-0.1, -0.05) is 11.6 Å². The van der Waals surface area contributed by atoms with Gasteiger partial charge in [0.05, 0.1) is 11.3 Å². The molecule has 0 spiro atoms. The molecular formula is C13H7ClF3NO2. The van der Waals surface area contributed by atoms with E-state index in [1.807, 2.05) is 0 Å². The third-order valence-corrected chi connectivity index (χ3v) is 2.71. The first-order valence-electron chi connectivity index (χ1n) is 5.33. The summed E-state index contributed by atoms with van der Waals surface area (Å²) in [4.78, 5) is 11.0. The van der Waals surface area contributed by atoms with Gasteiger partial charge in [-0.05, 0) is 18.2 Å². The Labute approximate surface area is 116 Å². The molecule has 0 heterocycles. The quantitative estimate of drug-likeness (QED) is 0.893. The highest BCUT2D eigenvalue weighted by Crippen LogP contribution is 2.28. The van der Waals surface area contributed by atoms with Crippen molar-refractivity contribution in [2.75, 3.05) is 5.32 Å². The molecule has 7 heteroatoms. The van der Waals surface area contributed by atoms with E-state index >= 15 is 0 Å². The first-order valence-corrected chi connectivity index (χ1v) is 5.70. The molecule has 0 fully saturated rings. The first kappa shape index (κ1) is 14.2. The van der Waals surface area contributed by atoms with Crippen LogP contribution in [0.3, 0.4) is 0 Å². The molecule has 2 aromatic rings. The Bertz CT molecular complexity index is 668. The minimum atomic E-state index is -1.32. The molecule has 0 bridgehead atoms. The van der Waals surface area contributed by atoms with Crippen molar-refractivity contribution >= 4 is 28.9 Å². The molecule has 20 heavy (non-hydrogen) atoms. The van der Waals surface area contributed by atoms with Gasteiger partial charge < -0.3 is 10.4 Å². The number of benzene rings is 2. The Hall–Kier alpha value is -2.21. The molecule has 0 saturated heterocycles. The number of rotatable bonds is 3. The zero-order valence-corrected chi connectivity index (χ0v) is 10.5. The Morgan fingerprint density at radius 1 is 1.10 bits per heavy atom. The van der Waals surface area contributed by atoms with Crippen molar-refractivity contribution in [3.8, 4) is 0 Å². The predicted octanol–water partition coefficient (Wildman–Crippen LogP) is 4.20. The number of anilines is 2. The van der Waals surface area contributed by atoms with Crippen molar-refractivity contribution in [3.05, 3.63) is 58.4 Å². The van der Waals surface area contributed by atoms with E-state index in [2.05, 4.69) is 5.32 Å². The van der Waals surface area contributed by atoms with Gasteiger partial charge in [0.2, 0.25) is 0 Å². The van der Waals surface area contributed by atoms with E-state index < -0.39 is 29.1 Å². The summed E-state index contributed by atoms with van der Waals surface area (Å²) in [6.45, 7) is 0. The third kappa shape index (κ3) is 2.85. The lowest BCUT2D eigenvalue weighted by Crippen LogP contribution is -2.05. The second-order valence-electron chi connectivity index (χ2n) is 3.86. The molecule has 3 nitrogen and oxygen atoms in total. The monoisotopic (exact) mass is 301 g/mol. The summed E-state index contributed by atoms with van der Waals surface area (Å²) < 4.78 is 39.8. The molecule has 0 unspecified atom stereocenters. The average Bonchev–Trinajstić information content (AvgIpc) is 2.34. The van der Waals surface area contributed by atoms with Gasteiger partial charge in [0.25, 0.3) is 0 Å². The van der Waals surface area contributed by atoms with Crippen molar-refractivity contribution in [1.82, 2.24) is 0 Å². The maximum atomic E-state index is 13.5. The van der Waals surface area contributed by atoms with Crippen LogP contribution in [0.15, 0.2) is 30.3 Å². The van der Waals surface area contributed by atoms with Crippen LogP contribution < -0.4 is 5.32 Å². The average molecular weight is 302 g/mol. The zero-order chi connectivity index (χ0) is 14.9. The Balaban J connectivity index is 2.48. The Morgan fingerprint density at radius 3 is 2.25 bits per heavy atom. The number of carbonyl (C=O) groups is 1. The number of carboxylic acid groups (broad SMARTS) is 1. The summed E-state index contributed by atoms with van der Waals surface area (Å²) >= 11 is 5.66. The van der Waals surface area contributed by atoms with E-state index in [9.17, 15) is 18.0 Å². The van der Waals surface area contributed by atoms with Gasteiger partial charge in [-0.2, -0.15) is 0 Å². The Morgan fingerprint density at radius 2 is 1.70 bits per heavy atom. The summed E-state index contributed by atoms with van der Waals surface area (Å²) in [6, 6.07) is 4.72. The van der Waals surface area contributed by atoms with Crippen LogP contribution in [0.5, 0.6) is 0 Å². The summed E-state index contributed by atoms with van der Waals surface area (Å²) in [6.07, 6.45) is 0. The summed E-state index contributed by atoms with van der Waals surface area (Å²) in [5.41, 5.74) is -0.969. The molecule has 0 aromatic heterocycles. The molecule has 0 aliphatic rings. The van der Waals surface area contributed by atoms with E-state index in [0.29, 0.717) is 12.1 Å². The van der Waals surface area contributed by atoms with Crippen molar-refractivity contribution < 1.29 is 23.1 Å². The molecule has 0 saturated carbocycles. The van der Waals surface area contributed by atoms with Crippen LogP contribution in [0.2, 0.25) is 5.02 Å². The standard InChI is InChI=1S/C13H7ClF3NO2/c14-6-1-2-11(8(3-6)13(19)20)18-12-9(16)4-7(15)5-10(12)17/h1-5,18H,(H,19,20). The normalized spacial score (nSPS) is 10.4. The highest BCUT2D eigenvalue weighted by atomic mass is 35.5. The van der Waals surface area contributed by atoms with Crippen LogP contribution in [0, 0.1) is 17.5 Å². The SMILES string of the molecule is O=C(O)c1cc(Cl)ccc1Nc1c(F)cc(F)cc1F. The molecule has 2 N–H and O–H groups in total. The van der Waals surface area contributed by atoms with Crippen molar-refractivity contribution in [3.63, 3.8) is 0 Å². The van der Waals surface area contributed by atoms with E-state index in [1.165, 1.54) is 12.1 Å². The van der Waals surface area contributed by atoms with Crippen LogP contribution in [0.4, 0.5) is 24.5 Å². The smallest absolute Gasteiger partial charge is 0.337 e. The molecular weight excluding hydrogens is 295 g/mol. The number of nitrogens with one attached hydrogen (secondary N) is 1. The van der Waals surface area contributed by atoms with Crippen LogP contribution in [-0.4, -0.2) is 11.1 Å². The lowest BCUT2D eigenvalue weighted by molar-refractivity contribution is 0.0698. The van der Waals surface area contributed by atoms with Crippen molar-refractivity contribution in [1.29, 1.82) is 0 Å². The van der Waals surface area contributed by atoms with Gasteiger partial charge in [0.1, 0.15) is 11.5 Å². The summed E-state index contributed by atoms with van der Waals surface area (Å²) in [5, 5.41) is 11.5. The first-order chi connectivity index (χ1) is 9.38. The minimum Gasteiger partial charge on any atom is -0.478 e. The summed E-state index contributed by atoms with van der Waals surface area (Å²) in [7, 11) is 0. The van der Waals surface area contributed by atoms with Crippen molar-refractivity contribution in [2.24, 2.45) is 0 Å². The maximum absolute atomic E-state index is 13.5. The fourth-order valence-corrected chi connectivity index (χ4v) is 1.77. The van der Waals surface area contributed by atoms with Crippen LogP contribution in [-0.2, 0) is 0 Å². The molecule has 104 valence electrons. The van der Waals surface area contributed by atoms with Gasteiger partial charge in [0, 0.05) is 17.2 Å². The second-order valence-corrected chi connectivity index (χ2v) is 4.30. The maximum Gasteiger partial charge on any atom is 0.337 e. The number of hydrogen-bond acceptors (Lipinski definition) is 2. The fraction of sp³-hybridized carbons (Fsp3) is 0. The lowest BCUT2D eigenvalue weighted by atomic mass is 10.1. The molecule has 0 aliphatic heterocycles. The molecule has 0 aliphatic carbocycles. The van der Waals surface area contributed by atoms with Gasteiger partial charge in [-0.25, -0.2) is 18.0 Å². The van der Waals surface area contributed by atoms with Gasteiger partial charge >= 0.3 is 5.97 Å². The number of aromatic carboxylic acids is 1. The molecule has 0 amide bonds. The van der Waals surface area contributed by atoms with Crippen LogP contribution in [0.25, 0.3) is 0 Å². The van der Waals surface area contributed by atoms with Crippen LogP contribution in [0.1, 0.15) is 10.4 Å². The van der Waals surface area contributed by atoms with Gasteiger partial charge in [-0.15, -0.1) is 0 Å². The van der Waals surface area contributed by atoms with E-state index in [-0.39, 0.29) is 16.3 Å². The molecule has 2 aromatic carbocycles. The lowest BCUT2D eigenvalue weighted by Gasteiger charge is -2.11. The molecule has 0 radical (unpaired) electrons. The van der Waals surface area contributed by atoms with E-state index in [1.54, 1.807) is 0 Å². The second kappa shape index (κ2) is 5.42. The number of hydrogen-bond donors (Lipinski definition) is 2. The van der Waals surface area contributed by atoms with Gasteiger partial charge in [0.15, 0.2) is 11.6 Å². The van der Waals surface area contributed by atoms with Gasteiger partial charge in [-0.3, -0.25) is 0 Å². The zero-order valence-electron chi connectivity index (χ0n) is 9.75. The minimum absolute atomic E-state index is 0.0636. The topological polar surface area (TPSA) is 49.3 Å². The highest BCUT2D eigenvalue weighted by Gasteiger charge is 2.16. The molecule has 2 rings (SSSR count). The van der Waals surface area contributed by atoms with Crippen LogP contribution >= 0.6 is 11.6 Å². The third-order valence-electron chi connectivity index (χ3n) is 2.48. The van der Waals surface area contributed by atoms with E-state index in [4.69, 9.17) is 16.7 Å². The number of halogens is 4. The fourth-order valence-electron chi connectivity index (χ4n) is 1.60. The van der Waals surface area contributed by atoms with E-state index in [0.717, 1.165) is 6.07 Å². The summed E-state index contributed by atoms with van der Waals surface area (Å²) in [5.74, 6) is -4.74. The Kier molecular flexibility index (Phi) is 3.85. The van der Waals surface area contributed by atoms with Crippen molar-refractivity contribution in [2.45, 2.75) is 0 Å². The molecule has 0 atom stereocenters.